The third kappa shape index (κ3) is 2.64. The number of aliphatic hydroxyl groups is 1. The predicted molar refractivity (Wildman–Crippen MR) is 76.1 cm³/mol. The molecule has 0 spiro atoms. The highest BCUT2D eigenvalue weighted by Gasteiger charge is 2.40. The highest BCUT2D eigenvalue weighted by atomic mass is 16.3. The third-order valence-electron chi connectivity index (χ3n) is 5.03. The molecule has 4 heteroatoms. The van der Waals surface area contributed by atoms with Gasteiger partial charge in [0.1, 0.15) is 0 Å². The van der Waals surface area contributed by atoms with Gasteiger partial charge >= 0.3 is 5.69 Å². The maximum atomic E-state index is 12.2. The van der Waals surface area contributed by atoms with E-state index < -0.39 is 0 Å². The van der Waals surface area contributed by atoms with Gasteiger partial charge in [0.15, 0.2) is 0 Å². The van der Waals surface area contributed by atoms with E-state index in [1.165, 1.54) is 0 Å². The van der Waals surface area contributed by atoms with E-state index >= 15 is 0 Å². The lowest BCUT2D eigenvalue weighted by Gasteiger charge is -2.43. The van der Waals surface area contributed by atoms with E-state index in [1.807, 2.05) is 10.8 Å². The third-order valence-corrected chi connectivity index (χ3v) is 5.03. The van der Waals surface area contributed by atoms with Crippen LogP contribution in [-0.2, 0) is 7.05 Å². The minimum Gasteiger partial charge on any atom is -0.393 e. The molecule has 1 aliphatic carbocycles. The molecule has 1 fully saturated rings. The van der Waals surface area contributed by atoms with Crippen LogP contribution in [0.2, 0.25) is 0 Å². The number of rotatable bonds is 3. The SMILES string of the molecule is CCC(C)(C)C1CCC(O)CC1n1ccn(C)c1=O. The molecule has 2 rings (SSSR count). The highest BCUT2D eigenvalue weighted by Crippen LogP contribution is 2.45. The highest BCUT2D eigenvalue weighted by molar-refractivity contribution is 4.95. The first-order valence-corrected chi connectivity index (χ1v) is 7.28. The number of aryl methyl sites for hydroxylation is 1. The van der Waals surface area contributed by atoms with Gasteiger partial charge in [-0.2, -0.15) is 0 Å². The zero-order valence-electron chi connectivity index (χ0n) is 12.5. The second kappa shape index (κ2) is 5.16. The first kappa shape index (κ1) is 14.4. The average Bonchev–Trinajstić information content (AvgIpc) is 2.69. The van der Waals surface area contributed by atoms with Crippen molar-refractivity contribution in [3.63, 3.8) is 0 Å². The Morgan fingerprint density at radius 3 is 2.58 bits per heavy atom. The van der Waals surface area contributed by atoms with Gasteiger partial charge < -0.3 is 9.67 Å². The minimum atomic E-state index is -0.277. The van der Waals surface area contributed by atoms with E-state index in [0.29, 0.717) is 12.3 Å². The van der Waals surface area contributed by atoms with Gasteiger partial charge in [0.25, 0.3) is 0 Å². The van der Waals surface area contributed by atoms with E-state index in [1.54, 1.807) is 17.8 Å². The van der Waals surface area contributed by atoms with E-state index in [9.17, 15) is 9.90 Å². The van der Waals surface area contributed by atoms with Crippen LogP contribution in [0.4, 0.5) is 0 Å². The molecule has 1 heterocycles. The summed E-state index contributed by atoms with van der Waals surface area (Å²) in [5.74, 6) is 0.445. The molecule has 1 aromatic heterocycles. The van der Waals surface area contributed by atoms with E-state index in [0.717, 1.165) is 19.3 Å². The van der Waals surface area contributed by atoms with Crippen LogP contribution < -0.4 is 5.69 Å². The van der Waals surface area contributed by atoms with Gasteiger partial charge in [0, 0.05) is 25.5 Å². The molecule has 0 radical (unpaired) electrons. The Balaban J connectivity index is 2.37. The van der Waals surface area contributed by atoms with Crippen LogP contribution in [0, 0.1) is 11.3 Å². The van der Waals surface area contributed by atoms with Crippen molar-refractivity contribution in [3.05, 3.63) is 22.9 Å². The van der Waals surface area contributed by atoms with Crippen LogP contribution in [0.5, 0.6) is 0 Å². The van der Waals surface area contributed by atoms with Gasteiger partial charge in [-0.05, 0) is 30.6 Å². The predicted octanol–water partition coefficient (Wildman–Crippen LogP) is 2.33. The van der Waals surface area contributed by atoms with Crippen molar-refractivity contribution in [2.75, 3.05) is 0 Å². The van der Waals surface area contributed by atoms with Gasteiger partial charge in [0.05, 0.1) is 6.10 Å². The Morgan fingerprint density at radius 2 is 2.05 bits per heavy atom. The molecule has 4 nitrogen and oxygen atoms in total. The number of nitrogens with zero attached hydrogens (tertiary/aromatic N) is 2. The van der Waals surface area contributed by atoms with Crippen LogP contribution >= 0.6 is 0 Å². The smallest absolute Gasteiger partial charge is 0.328 e. The first-order valence-electron chi connectivity index (χ1n) is 7.28. The van der Waals surface area contributed by atoms with Crippen LogP contribution in [0.25, 0.3) is 0 Å². The van der Waals surface area contributed by atoms with Gasteiger partial charge in [-0.1, -0.05) is 27.2 Å². The molecule has 1 aromatic rings. The molecule has 19 heavy (non-hydrogen) atoms. The molecule has 0 saturated heterocycles. The van der Waals surface area contributed by atoms with Gasteiger partial charge in [-0.25, -0.2) is 4.79 Å². The summed E-state index contributed by atoms with van der Waals surface area (Å²) in [7, 11) is 1.78. The maximum Gasteiger partial charge on any atom is 0.328 e. The number of aromatic nitrogens is 2. The summed E-state index contributed by atoms with van der Waals surface area (Å²) in [5.41, 5.74) is 0.219. The van der Waals surface area contributed by atoms with Crippen molar-refractivity contribution in [1.82, 2.24) is 9.13 Å². The fraction of sp³-hybridized carbons (Fsp3) is 0.800. The molecule has 0 aliphatic heterocycles. The van der Waals surface area contributed by atoms with Crippen LogP contribution in [0.3, 0.4) is 0 Å². The van der Waals surface area contributed by atoms with Crippen molar-refractivity contribution in [3.8, 4) is 0 Å². The molecule has 1 aliphatic rings. The summed E-state index contributed by atoms with van der Waals surface area (Å²) < 4.78 is 3.43. The lowest BCUT2D eigenvalue weighted by Crippen LogP contribution is -2.41. The molecular formula is C15H26N2O2. The van der Waals surface area contributed by atoms with Crippen molar-refractivity contribution < 1.29 is 5.11 Å². The molecule has 108 valence electrons. The summed E-state index contributed by atoms with van der Waals surface area (Å²) in [6.45, 7) is 6.75. The quantitative estimate of drug-likeness (QED) is 0.912. The van der Waals surface area contributed by atoms with Gasteiger partial charge in [-0.15, -0.1) is 0 Å². The fourth-order valence-corrected chi connectivity index (χ4v) is 3.34. The monoisotopic (exact) mass is 266 g/mol. The Kier molecular flexibility index (Phi) is 3.90. The summed E-state index contributed by atoms with van der Waals surface area (Å²) >= 11 is 0. The molecule has 0 bridgehead atoms. The van der Waals surface area contributed by atoms with Crippen LogP contribution in [-0.4, -0.2) is 20.3 Å². The second-order valence-corrected chi connectivity index (χ2v) is 6.58. The number of imidazole rings is 1. The van der Waals surface area contributed by atoms with Crippen LogP contribution in [0.1, 0.15) is 52.5 Å². The molecule has 0 amide bonds. The Labute approximate surface area is 115 Å². The summed E-state index contributed by atoms with van der Waals surface area (Å²) in [6.07, 6.45) is 7.02. The van der Waals surface area contributed by atoms with Crippen molar-refractivity contribution in [1.29, 1.82) is 0 Å². The Hall–Kier alpha value is -1.03. The van der Waals surface area contributed by atoms with E-state index in [2.05, 4.69) is 20.8 Å². The molecule has 3 unspecified atom stereocenters. The standard InChI is InChI=1S/C15H26N2O2/c1-5-15(2,3)12-7-6-11(18)10-13(12)17-9-8-16(4)14(17)19/h8-9,11-13,18H,5-7,10H2,1-4H3. The number of hydrogen-bond acceptors (Lipinski definition) is 2. The summed E-state index contributed by atoms with van der Waals surface area (Å²) in [6, 6.07) is 0.118. The first-order chi connectivity index (χ1) is 8.86. The summed E-state index contributed by atoms with van der Waals surface area (Å²) in [4.78, 5) is 12.2. The molecule has 3 atom stereocenters. The fourth-order valence-electron chi connectivity index (χ4n) is 3.34. The zero-order chi connectivity index (χ0) is 14.2. The molecular weight excluding hydrogens is 240 g/mol. The topological polar surface area (TPSA) is 47.2 Å². The summed E-state index contributed by atoms with van der Waals surface area (Å²) in [5, 5.41) is 9.97. The average molecular weight is 266 g/mol. The molecule has 1 N–H and O–H groups in total. The zero-order valence-corrected chi connectivity index (χ0v) is 12.5. The van der Waals surface area contributed by atoms with Gasteiger partial charge in [0.2, 0.25) is 0 Å². The van der Waals surface area contributed by atoms with Crippen molar-refractivity contribution in [2.24, 2.45) is 18.4 Å². The Bertz CT molecular complexity index is 487. The van der Waals surface area contributed by atoms with Crippen LogP contribution in [0.15, 0.2) is 17.2 Å². The number of aliphatic hydroxyl groups excluding tert-OH is 1. The second-order valence-electron chi connectivity index (χ2n) is 6.58. The maximum absolute atomic E-state index is 12.2. The van der Waals surface area contributed by atoms with E-state index in [4.69, 9.17) is 0 Å². The molecule has 1 saturated carbocycles. The Morgan fingerprint density at radius 1 is 1.37 bits per heavy atom. The van der Waals surface area contributed by atoms with Gasteiger partial charge in [-0.3, -0.25) is 4.57 Å². The normalized spacial score (nSPS) is 28.6. The lowest BCUT2D eigenvalue weighted by atomic mass is 9.66. The van der Waals surface area contributed by atoms with Crippen molar-refractivity contribution >= 4 is 0 Å². The largest absolute Gasteiger partial charge is 0.393 e. The van der Waals surface area contributed by atoms with Crippen molar-refractivity contribution in [2.45, 2.75) is 58.6 Å². The number of hydrogen-bond donors (Lipinski definition) is 1. The lowest BCUT2D eigenvalue weighted by molar-refractivity contribution is 0.0203. The van der Waals surface area contributed by atoms with E-state index in [-0.39, 0.29) is 23.3 Å². The molecule has 0 aromatic carbocycles. The minimum absolute atomic E-state index is 0.0241.